The van der Waals surface area contributed by atoms with Crippen molar-refractivity contribution >= 4 is 33.0 Å². The van der Waals surface area contributed by atoms with Crippen LogP contribution in [0.2, 0.25) is 0 Å². The largest absolute Gasteiger partial charge is 0.393 e. The summed E-state index contributed by atoms with van der Waals surface area (Å²) in [7, 11) is -3.86. The first-order valence-corrected chi connectivity index (χ1v) is 29.9. The van der Waals surface area contributed by atoms with Crippen molar-refractivity contribution in [3.05, 3.63) is 48.5 Å². The van der Waals surface area contributed by atoms with Crippen LogP contribution in [0.5, 0.6) is 0 Å². The number of carbonyl (C=O) groups excluding carboxylic acids is 2. The van der Waals surface area contributed by atoms with Crippen LogP contribution in [0.4, 0.5) is 11.4 Å². The lowest BCUT2D eigenvalue weighted by molar-refractivity contribution is -0.175. The molecule has 71 heavy (non-hydrogen) atoms. The van der Waals surface area contributed by atoms with Gasteiger partial charge in [-0.25, -0.2) is 8.42 Å². The fraction of sp³-hybridized carbons (Fsp3) is 0.767. The van der Waals surface area contributed by atoms with Crippen LogP contribution in [0, 0.1) is 92.7 Å². The zero-order valence-corrected chi connectivity index (χ0v) is 44.6. The van der Waals surface area contributed by atoms with Gasteiger partial charge >= 0.3 is 0 Å². The van der Waals surface area contributed by atoms with Crippen LogP contribution in [-0.2, 0) is 19.4 Å². The average molecular weight is 997 g/mol. The number of anilines is 2. The molecule has 0 bridgehead atoms. The van der Waals surface area contributed by atoms with Gasteiger partial charge in [0.05, 0.1) is 34.2 Å². The van der Waals surface area contributed by atoms with E-state index in [1.54, 1.807) is 24.3 Å². The van der Waals surface area contributed by atoms with Gasteiger partial charge in [0.15, 0.2) is 0 Å². The first-order valence-electron chi connectivity index (χ1n) is 28.4. The first-order chi connectivity index (χ1) is 33.7. The van der Waals surface area contributed by atoms with Crippen LogP contribution in [0.25, 0.3) is 0 Å². The summed E-state index contributed by atoms with van der Waals surface area (Å²) in [6, 6.07) is 12.6. The molecule has 2 unspecified atom stereocenters. The van der Waals surface area contributed by atoms with E-state index in [2.05, 4.69) is 52.2 Å². The monoisotopic (exact) mass is 997 g/mol. The van der Waals surface area contributed by atoms with E-state index in [0.717, 1.165) is 89.9 Å². The minimum atomic E-state index is -3.86. The van der Waals surface area contributed by atoms with Crippen LogP contribution in [0.15, 0.2) is 58.3 Å². The van der Waals surface area contributed by atoms with E-state index < -0.39 is 9.84 Å². The number of aliphatic hydroxyl groups excluding tert-OH is 4. The Labute approximate surface area is 425 Å². The summed E-state index contributed by atoms with van der Waals surface area (Å²) < 4.78 is 27.4. The Bertz CT molecular complexity index is 2220. The topological polar surface area (TPSA) is 173 Å². The summed E-state index contributed by atoms with van der Waals surface area (Å²) in [5, 5.41) is 50.8. The molecule has 8 fully saturated rings. The number of hydrogen-bond donors (Lipinski definition) is 6. The van der Waals surface area contributed by atoms with Gasteiger partial charge in [-0.15, -0.1) is 0 Å². The quantitative estimate of drug-likeness (QED) is 0.122. The lowest BCUT2D eigenvalue weighted by atomic mass is 9.43. The molecule has 0 spiro atoms. The van der Waals surface area contributed by atoms with E-state index in [4.69, 9.17) is 0 Å². The summed E-state index contributed by atoms with van der Waals surface area (Å²) in [5.41, 5.74) is 1.17. The molecule has 0 aliphatic heterocycles. The van der Waals surface area contributed by atoms with E-state index in [-0.39, 0.29) is 79.5 Å². The first kappa shape index (κ1) is 51.6. The van der Waals surface area contributed by atoms with Crippen molar-refractivity contribution in [3.63, 3.8) is 0 Å². The summed E-state index contributed by atoms with van der Waals surface area (Å²) in [6.07, 6.45) is 17.7. The number of amides is 2. The van der Waals surface area contributed by atoms with Gasteiger partial charge in [0, 0.05) is 24.2 Å². The summed E-state index contributed by atoms with van der Waals surface area (Å²) in [4.78, 5) is 26.9. The van der Waals surface area contributed by atoms with Crippen molar-refractivity contribution in [1.29, 1.82) is 0 Å². The maximum absolute atomic E-state index is 13.7. The molecule has 2 aromatic carbocycles. The Morgan fingerprint density at radius 3 is 1.30 bits per heavy atom. The number of benzene rings is 2. The normalized spacial score (nSPS) is 43.6. The number of aliphatic hydroxyl groups is 4. The van der Waals surface area contributed by atoms with Crippen molar-refractivity contribution < 1.29 is 38.4 Å². The molecule has 8 saturated carbocycles. The second kappa shape index (κ2) is 19.4. The van der Waals surface area contributed by atoms with Gasteiger partial charge in [-0.05, 0) is 257 Å². The molecule has 11 heteroatoms. The average Bonchev–Trinajstić information content (AvgIpc) is 3.90. The number of rotatable bonds is 12. The zero-order chi connectivity index (χ0) is 50.4. The van der Waals surface area contributed by atoms with Crippen molar-refractivity contribution in [2.45, 2.75) is 204 Å². The summed E-state index contributed by atoms with van der Waals surface area (Å²) in [6.45, 7) is 14.1. The number of fused-ring (bicyclic) bond motifs is 10. The predicted octanol–water partition coefficient (Wildman–Crippen LogP) is 11.2. The molecule has 0 radical (unpaired) electrons. The van der Waals surface area contributed by atoms with Gasteiger partial charge in [0.2, 0.25) is 21.7 Å². The molecule has 10 nitrogen and oxygen atoms in total. The zero-order valence-electron chi connectivity index (χ0n) is 43.8. The van der Waals surface area contributed by atoms with E-state index in [9.17, 15) is 38.4 Å². The molecule has 20 atom stereocenters. The molecule has 2 aromatic rings. The van der Waals surface area contributed by atoms with Gasteiger partial charge in [0.25, 0.3) is 0 Å². The van der Waals surface area contributed by atoms with Crippen LogP contribution in [0.1, 0.15) is 170 Å². The van der Waals surface area contributed by atoms with Crippen LogP contribution in [-0.4, -0.2) is 65.1 Å². The van der Waals surface area contributed by atoms with E-state index in [1.807, 2.05) is 0 Å². The Morgan fingerprint density at radius 1 is 0.535 bits per heavy atom. The SMILES string of the molecule is C[C@H](CCC(=O)Nc1ccc(S(=O)(=O)c2ccc(NC(=O)CC[C@@H](C)[C@H]3CC[C@H]4[C@@H]5CC[C@H]6C[C@@H](O)CC[C@]6(C)[C@H]5CC(O)[C@]34C)cc2)cc1)[C@H]1CC[C@H]2[C@@H]3CC[C@H]4C[C@@H](O)CC[C@]4(C)[C@H]3CC(O)[C@]12C. The Balaban J connectivity index is 0.683. The molecule has 6 N–H and O–H groups in total. The fourth-order valence-electron chi connectivity index (χ4n) is 19.5. The fourth-order valence-corrected chi connectivity index (χ4v) is 20.7. The molecule has 392 valence electrons. The molecule has 8 aliphatic carbocycles. The van der Waals surface area contributed by atoms with Gasteiger partial charge in [-0.2, -0.15) is 0 Å². The molecule has 8 aliphatic rings. The third-order valence-electron chi connectivity index (χ3n) is 23.6. The Kier molecular flexibility index (Phi) is 14.1. The third-order valence-corrected chi connectivity index (χ3v) is 25.3. The highest BCUT2D eigenvalue weighted by molar-refractivity contribution is 7.91. The van der Waals surface area contributed by atoms with Crippen molar-refractivity contribution in [2.75, 3.05) is 10.6 Å². The van der Waals surface area contributed by atoms with Crippen LogP contribution < -0.4 is 10.6 Å². The van der Waals surface area contributed by atoms with E-state index >= 15 is 0 Å². The number of carbonyl (C=O) groups is 2. The highest BCUT2D eigenvalue weighted by atomic mass is 32.2. The molecule has 0 saturated heterocycles. The molecule has 0 heterocycles. The second-order valence-corrected chi connectivity index (χ2v) is 28.4. The molecule has 10 rings (SSSR count). The summed E-state index contributed by atoms with van der Waals surface area (Å²) in [5.74, 6) is 5.39. The van der Waals surface area contributed by atoms with Crippen molar-refractivity contribution in [2.24, 2.45) is 92.7 Å². The Morgan fingerprint density at radius 2 is 0.915 bits per heavy atom. The Hall–Kier alpha value is -2.83. The van der Waals surface area contributed by atoms with Crippen LogP contribution >= 0.6 is 0 Å². The lowest BCUT2D eigenvalue weighted by Gasteiger charge is -2.62. The smallest absolute Gasteiger partial charge is 0.224 e. The molecular formula is C60H88N2O8S. The highest BCUT2D eigenvalue weighted by Crippen LogP contribution is 2.70. The number of sulfone groups is 1. The standard InChI is InChI=1S/C60H88N2O8S/c1-35(47-21-23-49-45-19-9-37-31-41(63)27-29-57(37,3)51(45)33-53(65)59(47,49)5)7-25-55(67)61-39-11-15-43(16-12-39)71(69,70)44-17-13-40(14-18-44)62-56(68)26-8-36(2)48-22-24-50-46-20-10-38-32-42(64)28-30-58(38,4)52(46)34-54(66)60(48,50)6/h11-18,35-38,41-42,45-54,63-66H,7-10,19-34H2,1-6H3,(H,61,67)(H,62,68)/t35-,36-,37+,38+,41+,42+,45+,46+,47-,48-,49+,50+,51+,52+,53?,54?,57+,58+,59-,60-/m1/s1. The number of nitrogens with one attached hydrogen (secondary N) is 2. The number of hydrogen-bond acceptors (Lipinski definition) is 8. The van der Waals surface area contributed by atoms with Gasteiger partial charge in [0.1, 0.15) is 0 Å². The van der Waals surface area contributed by atoms with Gasteiger partial charge in [-0.1, -0.05) is 41.5 Å². The van der Waals surface area contributed by atoms with Crippen molar-refractivity contribution in [1.82, 2.24) is 0 Å². The molecule has 2 amide bonds. The molecular weight excluding hydrogens is 909 g/mol. The third kappa shape index (κ3) is 8.89. The van der Waals surface area contributed by atoms with Crippen molar-refractivity contribution in [3.8, 4) is 0 Å². The van der Waals surface area contributed by atoms with Gasteiger partial charge < -0.3 is 31.1 Å². The van der Waals surface area contributed by atoms with E-state index in [0.29, 0.717) is 83.4 Å². The molecule has 0 aromatic heterocycles. The van der Waals surface area contributed by atoms with Gasteiger partial charge in [-0.3, -0.25) is 9.59 Å². The van der Waals surface area contributed by atoms with Crippen LogP contribution in [0.3, 0.4) is 0 Å². The van der Waals surface area contributed by atoms with E-state index in [1.165, 1.54) is 49.9 Å². The second-order valence-electron chi connectivity index (χ2n) is 26.5. The minimum absolute atomic E-state index is 0.106. The maximum atomic E-state index is 13.7. The summed E-state index contributed by atoms with van der Waals surface area (Å²) >= 11 is 0. The maximum Gasteiger partial charge on any atom is 0.224 e. The predicted molar refractivity (Wildman–Crippen MR) is 278 cm³/mol. The minimum Gasteiger partial charge on any atom is -0.393 e. The highest BCUT2D eigenvalue weighted by Gasteiger charge is 2.65. The lowest BCUT2D eigenvalue weighted by Crippen LogP contribution is -2.58.